The molecule has 0 aliphatic carbocycles. The molecule has 1 N–H and O–H groups in total. The number of nitrogens with zero attached hydrogens (tertiary/aromatic N) is 4. The maximum absolute atomic E-state index is 12.5. The van der Waals surface area contributed by atoms with Crippen LogP contribution < -0.4 is 10.9 Å². The monoisotopic (exact) mass is 475 g/mol. The molecule has 0 bridgehead atoms. The summed E-state index contributed by atoms with van der Waals surface area (Å²) in [5, 5.41) is 19.2. The fourth-order valence-electron chi connectivity index (χ4n) is 3.51. The Kier molecular flexibility index (Phi) is 6.60. The lowest BCUT2D eigenvalue weighted by Gasteiger charge is -2.09. The van der Waals surface area contributed by atoms with Crippen molar-refractivity contribution >= 4 is 22.9 Å². The molecule has 34 heavy (non-hydrogen) atoms. The Morgan fingerprint density at radius 2 is 1.85 bits per heavy atom. The van der Waals surface area contributed by atoms with Gasteiger partial charge >= 0.3 is 0 Å². The van der Waals surface area contributed by atoms with Crippen molar-refractivity contribution in [1.29, 1.82) is 0 Å². The van der Waals surface area contributed by atoms with Gasteiger partial charge in [0.15, 0.2) is 0 Å². The van der Waals surface area contributed by atoms with Gasteiger partial charge in [0.05, 0.1) is 22.0 Å². The van der Waals surface area contributed by atoms with E-state index in [0.29, 0.717) is 5.69 Å². The van der Waals surface area contributed by atoms with Crippen LogP contribution in [0.1, 0.15) is 21.6 Å². The van der Waals surface area contributed by atoms with E-state index in [2.05, 4.69) is 15.4 Å². The van der Waals surface area contributed by atoms with E-state index in [1.165, 1.54) is 47.2 Å². The van der Waals surface area contributed by atoms with Gasteiger partial charge in [-0.2, -0.15) is 5.10 Å². The van der Waals surface area contributed by atoms with Crippen LogP contribution in [-0.4, -0.2) is 32.1 Å². The minimum atomic E-state index is -0.522. The molecule has 172 valence electrons. The van der Waals surface area contributed by atoms with Crippen LogP contribution in [0.5, 0.6) is 0 Å². The fourth-order valence-corrected chi connectivity index (χ4v) is 4.54. The second-order valence-electron chi connectivity index (χ2n) is 7.54. The molecule has 2 heterocycles. The molecular formula is C24H21N5O4S. The van der Waals surface area contributed by atoms with Gasteiger partial charge in [-0.15, -0.1) is 11.3 Å². The topological polar surface area (TPSA) is 120 Å². The van der Waals surface area contributed by atoms with E-state index >= 15 is 0 Å². The molecule has 0 aliphatic heterocycles. The van der Waals surface area contributed by atoms with E-state index in [1.54, 1.807) is 6.07 Å². The first-order valence-electron chi connectivity index (χ1n) is 10.5. The molecule has 4 aromatic rings. The number of aromatic nitrogens is 3. The summed E-state index contributed by atoms with van der Waals surface area (Å²) in [4.78, 5) is 41.0. The molecule has 0 radical (unpaired) electrons. The van der Waals surface area contributed by atoms with Crippen LogP contribution in [0.3, 0.4) is 0 Å². The molecule has 1 amide bonds. The van der Waals surface area contributed by atoms with Gasteiger partial charge in [-0.3, -0.25) is 19.7 Å². The molecule has 0 saturated heterocycles. The summed E-state index contributed by atoms with van der Waals surface area (Å²) in [7, 11) is 0. The molecule has 2 aromatic heterocycles. The third-order valence-corrected chi connectivity index (χ3v) is 6.50. The Bertz CT molecular complexity index is 1430. The van der Waals surface area contributed by atoms with Crippen molar-refractivity contribution in [1.82, 2.24) is 20.1 Å². The predicted octanol–water partition coefficient (Wildman–Crippen LogP) is 3.99. The standard InChI is InChI=1S/C24H21N5O4S/c1-15-18(9-6-10-20(15)29(32)33)23(31)25-13-14-28-21(30)12-11-19(27-28)22-16(2)26-24(34-22)17-7-4-3-5-8-17/h3-12H,13-14H2,1-2H3,(H,25,31). The Morgan fingerprint density at radius 3 is 2.59 bits per heavy atom. The summed E-state index contributed by atoms with van der Waals surface area (Å²) in [5.41, 5.74) is 2.54. The first-order chi connectivity index (χ1) is 16.3. The Labute approximate surface area is 198 Å². The van der Waals surface area contributed by atoms with E-state index < -0.39 is 10.8 Å². The van der Waals surface area contributed by atoms with Crippen molar-refractivity contribution in [2.45, 2.75) is 20.4 Å². The molecule has 0 fully saturated rings. The van der Waals surface area contributed by atoms with Gasteiger partial charge in [0.1, 0.15) is 10.7 Å². The van der Waals surface area contributed by atoms with Gasteiger partial charge in [-0.1, -0.05) is 36.4 Å². The van der Waals surface area contributed by atoms with Gasteiger partial charge in [0, 0.05) is 35.4 Å². The summed E-state index contributed by atoms with van der Waals surface area (Å²) in [5.74, 6) is -0.448. The second-order valence-corrected chi connectivity index (χ2v) is 8.54. The average molecular weight is 476 g/mol. The van der Waals surface area contributed by atoms with Crippen molar-refractivity contribution < 1.29 is 9.72 Å². The number of nitro groups is 1. The van der Waals surface area contributed by atoms with Crippen LogP contribution in [0.15, 0.2) is 65.5 Å². The van der Waals surface area contributed by atoms with Crippen LogP contribution in [-0.2, 0) is 6.54 Å². The zero-order valence-electron chi connectivity index (χ0n) is 18.5. The zero-order chi connectivity index (χ0) is 24.2. The zero-order valence-corrected chi connectivity index (χ0v) is 19.3. The molecule has 0 saturated carbocycles. The molecule has 10 heteroatoms. The van der Waals surface area contributed by atoms with Gasteiger partial charge < -0.3 is 5.32 Å². The highest BCUT2D eigenvalue weighted by Crippen LogP contribution is 2.33. The quantitative estimate of drug-likeness (QED) is 0.319. The van der Waals surface area contributed by atoms with Crippen LogP contribution in [0.2, 0.25) is 0 Å². The SMILES string of the molecule is Cc1nc(-c2ccccc2)sc1-c1ccc(=O)n(CCNC(=O)c2cccc([N+](=O)[O-])c2C)n1. The fraction of sp³-hybridized carbons (Fsp3) is 0.167. The third kappa shape index (κ3) is 4.76. The first kappa shape index (κ1) is 23.0. The van der Waals surface area contributed by atoms with Crippen LogP contribution >= 0.6 is 11.3 Å². The highest BCUT2D eigenvalue weighted by Gasteiger charge is 2.18. The molecular weight excluding hydrogens is 454 g/mol. The van der Waals surface area contributed by atoms with Gasteiger partial charge in [0.25, 0.3) is 17.2 Å². The molecule has 9 nitrogen and oxygen atoms in total. The molecule has 0 unspecified atom stereocenters. The molecule has 0 atom stereocenters. The summed E-state index contributed by atoms with van der Waals surface area (Å²) in [6.07, 6.45) is 0. The highest BCUT2D eigenvalue weighted by molar-refractivity contribution is 7.18. The minimum absolute atomic E-state index is 0.118. The number of hydrogen-bond acceptors (Lipinski definition) is 7. The minimum Gasteiger partial charge on any atom is -0.350 e. The van der Waals surface area contributed by atoms with Crippen molar-refractivity contribution in [2.75, 3.05) is 6.54 Å². The van der Waals surface area contributed by atoms with Crippen LogP contribution in [0, 0.1) is 24.0 Å². The maximum Gasteiger partial charge on any atom is 0.273 e. The Hall–Kier alpha value is -4.18. The third-order valence-electron chi connectivity index (χ3n) is 5.27. The normalized spacial score (nSPS) is 10.8. The highest BCUT2D eigenvalue weighted by atomic mass is 32.1. The predicted molar refractivity (Wildman–Crippen MR) is 130 cm³/mol. The lowest BCUT2D eigenvalue weighted by Crippen LogP contribution is -2.32. The van der Waals surface area contributed by atoms with Crippen molar-refractivity contribution in [2.24, 2.45) is 0 Å². The summed E-state index contributed by atoms with van der Waals surface area (Å²) in [6, 6.07) is 17.3. The van der Waals surface area contributed by atoms with E-state index in [-0.39, 0.29) is 35.5 Å². The number of carbonyl (C=O) groups excluding carboxylic acids is 1. The summed E-state index contributed by atoms with van der Waals surface area (Å²) < 4.78 is 1.29. The van der Waals surface area contributed by atoms with Gasteiger partial charge in [0.2, 0.25) is 0 Å². The molecule has 4 rings (SSSR count). The Morgan fingerprint density at radius 1 is 1.09 bits per heavy atom. The van der Waals surface area contributed by atoms with E-state index in [9.17, 15) is 19.7 Å². The number of rotatable bonds is 7. The largest absolute Gasteiger partial charge is 0.350 e. The lowest BCUT2D eigenvalue weighted by molar-refractivity contribution is -0.385. The van der Waals surface area contributed by atoms with Crippen molar-refractivity contribution in [3.63, 3.8) is 0 Å². The summed E-state index contributed by atoms with van der Waals surface area (Å²) in [6.45, 7) is 3.71. The number of thiazole rings is 1. The summed E-state index contributed by atoms with van der Waals surface area (Å²) >= 11 is 1.50. The van der Waals surface area contributed by atoms with Crippen molar-refractivity contribution in [3.05, 3.63) is 98.0 Å². The van der Waals surface area contributed by atoms with E-state index in [0.717, 1.165) is 21.1 Å². The number of hydrogen-bond donors (Lipinski definition) is 1. The number of amides is 1. The first-order valence-corrected chi connectivity index (χ1v) is 11.3. The second kappa shape index (κ2) is 9.75. The molecule has 2 aromatic carbocycles. The number of carbonyl (C=O) groups is 1. The number of aryl methyl sites for hydroxylation is 1. The van der Waals surface area contributed by atoms with Crippen LogP contribution in [0.25, 0.3) is 21.1 Å². The number of nitrogens with one attached hydrogen (secondary N) is 1. The average Bonchev–Trinajstić information content (AvgIpc) is 3.22. The van der Waals surface area contributed by atoms with Crippen molar-refractivity contribution in [3.8, 4) is 21.1 Å². The number of nitro benzene ring substituents is 1. The molecule has 0 spiro atoms. The Balaban J connectivity index is 1.49. The number of benzene rings is 2. The van der Waals surface area contributed by atoms with Gasteiger partial charge in [-0.05, 0) is 26.0 Å². The lowest BCUT2D eigenvalue weighted by atomic mass is 10.1. The molecule has 0 aliphatic rings. The maximum atomic E-state index is 12.5. The smallest absolute Gasteiger partial charge is 0.273 e. The van der Waals surface area contributed by atoms with Gasteiger partial charge in [-0.25, -0.2) is 9.67 Å². The van der Waals surface area contributed by atoms with Crippen LogP contribution in [0.4, 0.5) is 5.69 Å². The van der Waals surface area contributed by atoms with E-state index in [4.69, 9.17) is 0 Å². The van der Waals surface area contributed by atoms with E-state index in [1.807, 2.05) is 37.3 Å².